The van der Waals surface area contributed by atoms with Crippen LogP contribution >= 0.6 is 0 Å². The number of pyridine rings is 1. The lowest BCUT2D eigenvalue weighted by atomic mass is 9.74. The van der Waals surface area contributed by atoms with Crippen molar-refractivity contribution in [3.05, 3.63) is 139 Å². The van der Waals surface area contributed by atoms with Gasteiger partial charge in [0, 0.05) is 46.6 Å². The molecule has 6 heteroatoms. The molecule has 0 saturated heterocycles. The summed E-state index contributed by atoms with van der Waals surface area (Å²) in [7, 11) is 2.05. The van der Waals surface area contributed by atoms with E-state index in [4.69, 9.17) is 19.1 Å². The lowest BCUT2D eigenvalue weighted by molar-refractivity contribution is 0.483. The minimum Gasteiger partial charge on any atom is -0.457 e. The standard InChI is InChI=1S/C40H30N4O2/c1-40(2)31-21-20-30-29-15-4-7-19-35(29)46-37(30)36(31)44(39-32(40)16-10-22-41-39)26-12-9-14-28(24-26)45-27-13-8-11-25(23-27)38-42-33-17-5-6-18-34(33)43(38)3/h4-24H,1-3H3. The molecule has 5 aromatic carbocycles. The number of hydrogen-bond donors (Lipinski definition) is 0. The van der Waals surface area contributed by atoms with Gasteiger partial charge in [0.05, 0.1) is 22.4 Å². The van der Waals surface area contributed by atoms with Crippen molar-refractivity contribution in [2.24, 2.45) is 7.05 Å². The number of benzene rings is 5. The smallest absolute Gasteiger partial charge is 0.159 e. The molecule has 0 aliphatic carbocycles. The van der Waals surface area contributed by atoms with Crippen LogP contribution in [0.1, 0.15) is 25.0 Å². The summed E-state index contributed by atoms with van der Waals surface area (Å²) in [6.07, 6.45) is 1.86. The number of aryl methyl sites for hydroxylation is 1. The number of fused-ring (bicyclic) bond motifs is 7. The van der Waals surface area contributed by atoms with Crippen LogP contribution < -0.4 is 9.64 Å². The molecule has 9 rings (SSSR count). The molecule has 0 spiro atoms. The van der Waals surface area contributed by atoms with Crippen LogP contribution in [0.15, 0.2) is 132 Å². The van der Waals surface area contributed by atoms with Gasteiger partial charge in [0.15, 0.2) is 5.58 Å². The Hall–Kier alpha value is -5.88. The van der Waals surface area contributed by atoms with Crippen molar-refractivity contribution in [1.82, 2.24) is 14.5 Å². The summed E-state index contributed by atoms with van der Waals surface area (Å²) in [4.78, 5) is 12.1. The monoisotopic (exact) mass is 598 g/mol. The Morgan fingerprint density at radius 2 is 1.52 bits per heavy atom. The molecule has 1 aliphatic heterocycles. The van der Waals surface area contributed by atoms with Crippen LogP contribution in [0.2, 0.25) is 0 Å². The zero-order valence-electron chi connectivity index (χ0n) is 25.7. The lowest BCUT2D eigenvalue weighted by Crippen LogP contribution is -2.31. The quantitative estimate of drug-likeness (QED) is 0.202. The minimum absolute atomic E-state index is 0.285. The predicted molar refractivity (Wildman–Crippen MR) is 185 cm³/mol. The van der Waals surface area contributed by atoms with Crippen LogP contribution in [0.3, 0.4) is 0 Å². The summed E-state index contributed by atoms with van der Waals surface area (Å²) in [6, 6.07) is 41.3. The van der Waals surface area contributed by atoms with Crippen LogP contribution in [-0.4, -0.2) is 14.5 Å². The molecular weight excluding hydrogens is 568 g/mol. The van der Waals surface area contributed by atoms with Gasteiger partial charge in [-0.3, -0.25) is 4.90 Å². The molecule has 0 unspecified atom stereocenters. The van der Waals surface area contributed by atoms with Crippen LogP contribution in [0.5, 0.6) is 11.5 Å². The molecule has 0 saturated carbocycles. The second kappa shape index (κ2) is 9.81. The fourth-order valence-electron chi connectivity index (χ4n) is 6.99. The fourth-order valence-corrected chi connectivity index (χ4v) is 6.99. The van der Waals surface area contributed by atoms with Gasteiger partial charge in [-0.2, -0.15) is 0 Å². The third-order valence-corrected chi connectivity index (χ3v) is 9.28. The van der Waals surface area contributed by atoms with Crippen molar-refractivity contribution in [1.29, 1.82) is 0 Å². The van der Waals surface area contributed by atoms with E-state index in [1.54, 1.807) is 0 Å². The maximum atomic E-state index is 6.61. The van der Waals surface area contributed by atoms with Crippen LogP contribution in [0.25, 0.3) is 44.4 Å². The number of aromatic nitrogens is 3. The molecule has 1 aliphatic rings. The molecule has 0 atom stereocenters. The fraction of sp³-hybridized carbons (Fsp3) is 0.100. The molecular formula is C40H30N4O2. The maximum Gasteiger partial charge on any atom is 0.159 e. The van der Waals surface area contributed by atoms with Gasteiger partial charge >= 0.3 is 0 Å². The number of para-hydroxylation sites is 3. The van der Waals surface area contributed by atoms with Gasteiger partial charge in [0.2, 0.25) is 0 Å². The molecule has 6 nitrogen and oxygen atoms in total. The van der Waals surface area contributed by atoms with Crippen molar-refractivity contribution in [2.45, 2.75) is 19.3 Å². The summed E-state index contributed by atoms with van der Waals surface area (Å²) in [6.45, 7) is 4.52. The zero-order valence-corrected chi connectivity index (χ0v) is 25.7. The molecule has 0 amide bonds. The van der Waals surface area contributed by atoms with Crippen molar-refractivity contribution >= 4 is 50.2 Å². The van der Waals surface area contributed by atoms with Gasteiger partial charge in [-0.05, 0) is 54.1 Å². The summed E-state index contributed by atoms with van der Waals surface area (Å²) < 4.78 is 15.3. The molecule has 3 aromatic heterocycles. The van der Waals surface area contributed by atoms with Crippen LogP contribution in [0.4, 0.5) is 17.2 Å². The van der Waals surface area contributed by atoms with Gasteiger partial charge in [-0.15, -0.1) is 0 Å². The third-order valence-electron chi connectivity index (χ3n) is 9.28. The van der Waals surface area contributed by atoms with E-state index in [9.17, 15) is 0 Å². The van der Waals surface area contributed by atoms with E-state index in [2.05, 4.69) is 77.9 Å². The number of hydrogen-bond acceptors (Lipinski definition) is 5. The Kier molecular flexibility index (Phi) is 5.66. The first-order valence-electron chi connectivity index (χ1n) is 15.5. The highest BCUT2D eigenvalue weighted by Crippen LogP contribution is 2.54. The number of rotatable bonds is 4. The summed E-state index contributed by atoms with van der Waals surface area (Å²) in [5, 5.41) is 2.18. The molecule has 0 fully saturated rings. The molecule has 0 bridgehead atoms. The van der Waals surface area contributed by atoms with Crippen molar-refractivity contribution in [3.8, 4) is 22.9 Å². The minimum atomic E-state index is -0.285. The summed E-state index contributed by atoms with van der Waals surface area (Å²) in [5.74, 6) is 3.24. The second-order valence-corrected chi connectivity index (χ2v) is 12.4. The Morgan fingerprint density at radius 3 is 2.41 bits per heavy atom. The SMILES string of the molecule is Cn1c(-c2cccc(Oc3cccc(N4c5ncccc5C(C)(C)c5ccc6c(oc7ccccc76)c54)c3)c2)nc2ccccc21. The average molecular weight is 599 g/mol. The van der Waals surface area contributed by atoms with Gasteiger partial charge in [-0.1, -0.05) is 80.6 Å². The average Bonchev–Trinajstić information content (AvgIpc) is 3.63. The molecule has 0 N–H and O–H groups in total. The Labute approximate surface area is 266 Å². The van der Waals surface area contributed by atoms with E-state index < -0.39 is 0 Å². The number of nitrogens with zero attached hydrogens (tertiary/aromatic N) is 4. The zero-order chi connectivity index (χ0) is 31.0. The van der Waals surface area contributed by atoms with Gasteiger partial charge in [-0.25, -0.2) is 9.97 Å². The van der Waals surface area contributed by atoms with Crippen molar-refractivity contribution in [2.75, 3.05) is 4.90 Å². The Balaban J connectivity index is 1.17. The highest BCUT2D eigenvalue weighted by atomic mass is 16.5. The Bertz CT molecular complexity index is 2470. The highest BCUT2D eigenvalue weighted by molar-refractivity contribution is 6.11. The van der Waals surface area contributed by atoms with Crippen molar-refractivity contribution in [3.63, 3.8) is 0 Å². The Morgan fingerprint density at radius 1 is 0.717 bits per heavy atom. The number of furan rings is 1. The lowest BCUT2D eigenvalue weighted by Gasteiger charge is -2.40. The van der Waals surface area contributed by atoms with E-state index >= 15 is 0 Å². The normalized spacial score (nSPS) is 13.7. The van der Waals surface area contributed by atoms with E-state index in [0.717, 1.165) is 78.6 Å². The van der Waals surface area contributed by atoms with Gasteiger partial charge in [0.25, 0.3) is 0 Å². The van der Waals surface area contributed by atoms with E-state index in [1.807, 2.05) is 80.0 Å². The van der Waals surface area contributed by atoms with Crippen LogP contribution in [0, 0.1) is 0 Å². The number of ether oxygens (including phenoxy) is 1. The number of anilines is 3. The van der Waals surface area contributed by atoms with Crippen molar-refractivity contribution < 1.29 is 9.15 Å². The third kappa shape index (κ3) is 3.90. The van der Waals surface area contributed by atoms with E-state index in [1.165, 1.54) is 5.56 Å². The first-order chi connectivity index (χ1) is 22.5. The van der Waals surface area contributed by atoms with Gasteiger partial charge < -0.3 is 13.7 Å². The topological polar surface area (TPSA) is 56.3 Å². The molecule has 46 heavy (non-hydrogen) atoms. The van der Waals surface area contributed by atoms with Gasteiger partial charge in [0.1, 0.15) is 28.7 Å². The largest absolute Gasteiger partial charge is 0.457 e. The van der Waals surface area contributed by atoms with E-state index in [-0.39, 0.29) is 5.41 Å². The first-order valence-corrected chi connectivity index (χ1v) is 15.5. The van der Waals surface area contributed by atoms with E-state index in [0.29, 0.717) is 0 Å². The molecule has 0 radical (unpaired) electrons. The first kappa shape index (κ1) is 26.5. The highest BCUT2D eigenvalue weighted by Gasteiger charge is 2.40. The predicted octanol–water partition coefficient (Wildman–Crippen LogP) is 10.4. The molecule has 8 aromatic rings. The molecule has 4 heterocycles. The summed E-state index contributed by atoms with van der Waals surface area (Å²) in [5.41, 5.74) is 8.76. The molecule has 222 valence electrons. The number of imidazole rings is 1. The maximum absolute atomic E-state index is 6.61. The summed E-state index contributed by atoms with van der Waals surface area (Å²) >= 11 is 0. The second-order valence-electron chi connectivity index (χ2n) is 12.4. The van der Waals surface area contributed by atoms with Crippen LogP contribution in [-0.2, 0) is 12.5 Å².